The van der Waals surface area contributed by atoms with Crippen LogP contribution in [0.5, 0.6) is 0 Å². The zero-order chi connectivity index (χ0) is 7.90. The Morgan fingerprint density at radius 1 is 1.18 bits per heavy atom. The summed E-state index contributed by atoms with van der Waals surface area (Å²) in [4.78, 5) is 0. The van der Waals surface area contributed by atoms with E-state index in [-0.39, 0.29) is 6.10 Å². The van der Waals surface area contributed by atoms with Gasteiger partial charge in [0.2, 0.25) is 0 Å². The highest BCUT2D eigenvalue weighted by molar-refractivity contribution is 4.95. The molecule has 0 aromatic heterocycles. The fourth-order valence-electron chi connectivity index (χ4n) is 3.14. The predicted molar refractivity (Wildman–Crippen MR) is 45.3 cm³/mol. The third kappa shape index (κ3) is 1.10. The normalized spacial score (nSPS) is 50.7. The highest BCUT2D eigenvalue weighted by atomic mass is 16.3. The molecule has 0 aromatic rings. The van der Waals surface area contributed by atoms with E-state index in [4.69, 9.17) is 0 Å². The molecule has 0 aromatic carbocycles. The second kappa shape index (κ2) is 2.48. The maximum absolute atomic E-state index is 9.74. The van der Waals surface area contributed by atoms with Gasteiger partial charge in [0.25, 0.3) is 0 Å². The molecule has 3 unspecified atom stereocenters. The average Bonchev–Trinajstić information content (AvgIpc) is 2.31. The lowest BCUT2D eigenvalue weighted by atomic mass is 9.68. The van der Waals surface area contributed by atoms with Crippen molar-refractivity contribution in [3.63, 3.8) is 0 Å². The van der Waals surface area contributed by atoms with E-state index in [1.165, 1.54) is 32.1 Å². The third-order valence-electron chi connectivity index (χ3n) is 3.87. The second-order valence-corrected chi connectivity index (χ2v) is 4.61. The molecule has 2 fully saturated rings. The molecule has 11 heavy (non-hydrogen) atoms. The molecule has 1 N–H and O–H groups in total. The summed E-state index contributed by atoms with van der Waals surface area (Å²) in [6.07, 6.45) is 7.66. The van der Waals surface area contributed by atoms with Crippen LogP contribution in [0, 0.1) is 11.3 Å². The van der Waals surface area contributed by atoms with Crippen LogP contribution >= 0.6 is 0 Å². The number of fused-ring (bicyclic) bond motifs is 1. The molecule has 0 spiro atoms. The molecule has 1 nitrogen and oxygen atoms in total. The maximum atomic E-state index is 9.74. The van der Waals surface area contributed by atoms with E-state index in [0.29, 0.717) is 11.3 Å². The molecule has 2 saturated carbocycles. The van der Waals surface area contributed by atoms with Gasteiger partial charge in [0.15, 0.2) is 0 Å². The van der Waals surface area contributed by atoms with Crippen LogP contribution in [0.25, 0.3) is 0 Å². The summed E-state index contributed by atoms with van der Waals surface area (Å²) in [5.41, 5.74) is 0.512. The smallest absolute Gasteiger partial charge is 0.0573 e. The van der Waals surface area contributed by atoms with Gasteiger partial charge in [0.05, 0.1) is 6.10 Å². The van der Waals surface area contributed by atoms with Crippen LogP contribution in [0.4, 0.5) is 0 Å². The summed E-state index contributed by atoms with van der Waals surface area (Å²) in [5, 5.41) is 9.74. The first-order valence-electron chi connectivity index (χ1n) is 4.90. The Bertz CT molecular complexity index is 155. The lowest BCUT2D eigenvalue weighted by molar-refractivity contribution is 0.00209. The van der Waals surface area contributed by atoms with Crippen LogP contribution in [0.2, 0.25) is 0 Å². The summed E-state index contributed by atoms with van der Waals surface area (Å²) in [6.45, 7) is 2.37. The average molecular weight is 154 g/mol. The molecular formula is C10H18O. The fraction of sp³-hybridized carbons (Fsp3) is 1.00. The lowest BCUT2D eigenvalue weighted by Crippen LogP contribution is -2.36. The Morgan fingerprint density at radius 3 is 2.45 bits per heavy atom. The standard InChI is InChI=1S/C10H18O/c1-10-6-2-4-8(10)9(11)5-3-7-10/h8-9,11H,2-7H2,1H3. The van der Waals surface area contributed by atoms with Gasteiger partial charge in [-0.3, -0.25) is 0 Å². The minimum atomic E-state index is 0.0243. The number of rotatable bonds is 0. The first kappa shape index (κ1) is 7.60. The van der Waals surface area contributed by atoms with E-state index >= 15 is 0 Å². The van der Waals surface area contributed by atoms with Gasteiger partial charge in [-0.2, -0.15) is 0 Å². The summed E-state index contributed by atoms with van der Waals surface area (Å²) >= 11 is 0. The molecule has 0 amide bonds. The second-order valence-electron chi connectivity index (χ2n) is 4.61. The van der Waals surface area contributed by atoms with Crippen LogP contribution in [0.1, 0.15) is 45.4 Å². The van der Waals surface area contributed by atoms with Crippen LogP contribution in [0.3, 0.4) is 0 Å². The Labute approximate surface area is 68.8 Å². The molecule has 64 valence electrons. The van der Waals surface area contributed by atoms with Gasteiger partial charge in [-0.15, -0.1) is 0 Å². The molecule has 0 heterocycles. The van der Waals surface area contributed by atoms with Gasteiger partial charge in [0.1, 0.15) is 0 Å². The van der Waals surface area contributed by atoms with Crippen molar-refractivity contribution in [1.29, 1.82) is 0 Å². The van der Waals surface area contributed by atoms with E-state index in [1.807, 2.05) is 0 Å². The van der Waals surface area contributed by atoms with Crippen molar-refractivity contribution in [2.45, 2.75) is 51.6 Å². The van der Waals surface area contributed by atoms with Gasteiger partial charge >= 0.3 is 0 Å². The molecule has 2 rings (SSSR count). The monoisotopic (exact) mass is 154 g/mol. The van der Waals surface area contributed by atoms with E-state index < -0.39 is 0 Å². The van der Waals surface area contributed by atoms with Crippen LogP contribution in [0.15, 0.2) is 0 Å². The topological polar surface area (TPSA) is 20.2 Å². The minimum Gasteiger partial charge on any atom is -0.393 e. The fourth-order valence-corrected chi connectivity index (χ4v) is 3.14. The van der Waals surface area contributed by atoms with Crippen molar-refractivity contribution >= 4 is 0 Å². The van der Waals surface area contributed by atoms with Crippen molar-refractivity contribution in [3.05, 3.63) is 0 Å². The van der Waals surface area contributed by atoms with E-state index in [1.54, 1.807) is 0 Å². The first-order valence-corrected chi connectivity index (χ1v) is 4.90. The SMILES string of the molecule is CC12CCCC(O)C1CCC2. The Kier molecular flexibility index (Phi) is 1.71. The quantitative estimate of drug-likeness (QED) is 0.568. The van der Waals surface area contributed by atoms with Gasteiger partial charge in [-0.05, 0) is 37.0 Å². The van der Waals surface area contributed by atoms with E-state index in [9.17, 15) is 5.11 Å². The van der Waals surface area contributed by atoms with Crippen molar-refractivity contribution in [2.75, 3.05) is 0 Å². The summed E-state index contributed by atoms with van der Waals surface area (Å²) < 4.78 is 0. The number of hydrogen-bond acceptors (Lipinski definition) is 1. The van der Waals surface area contributed by atoms with E-state index in [2.05, 4.69) is 6.92 Å². The van der Waals surface area contributed by atoms with Crippen LogP contribution in [-0.2, 0) is 0 Å². The third-order valence-corrected chi connectivity index (χ3v) is 3.87. The highest BCUT2D eigenvalue weighted by Gasteiger charge is 2.44. The molecular weight excluding hydrogens is 136 g/mol. The Hall–Kier alpha value is -0.0400. The van der Waals surface area contributed by atoms with Crippen molar-refractivity contribution < 1.29 is 5.11 Å². The lowest BCUT2D eigenvalue weighted by Gasteiger charge is -2.39. The largest absolute Gasteiger partial charge is 0.393 e. The summed E-state index contributed by atoms with van der Waals surface area (Å²) in [5.74, 6) is 0.635. The number of aliphatic hydroxyl groups excluding tert-OH is 1. The molecule has 0 radical (unpaired) electrons. The van der Waals surface area contributed by atoms with Gasteiger partial charge < -0.3 is 5.11 Å². The molecule has 0 saturated heterocycles. The molecule has 2 aliphatic rings. The number of hydrogen-bond donors (Lipinski definition) is 1. The van der Waals surface area contributed by atoms with Crippen molar-refractivity contribution in [2.24, 2.45) is 11.3 Å². The van der Waals surface area contributed by atoms with Gasteiger partial charge in [0, 0.05) is 0 Å². The first-order chi connectivity index (χ1) is 5.22. The Balaban J connectivity index is 2.15. The molecule has 3 atom stereocenters. The minimum absolute atomic E-state index is 0.0243. The van der Waals surface area contributed by atoms with Gasteiger partial charge in [-0.1, -0.05) is 19.8 Å². The predicted octanol–water partition coefficient (Wildman–Crippen LogP) is 2.34. The van der Waals surface area contributed by atoms with Crippen molar-refractivity contribution in [1.82, 2.24) is 0 Å². The van der Waals surface area contributed by atoms with E-state index in [0.717, 1.165) is 6.42 Å². The van der Waals surface area contributed by atoms with Gasteiger partial charge in [-0.25, -0.2) is 0 Å². The molecule has 1 heteroatoms. The zero-order valence-electron chi connectivity index (χ0n) is 7.34. The highest BCUT2D eigenvalue weighted by Crippen LogP contribution is 2.51. The number of aliphatic hydroxyl groups is 1. The zero-order valence-corrected chi connectivity index (χ0v) is 7.34. The maximum Gasteiger partial charge on any atom is 0.0573 e. The molecule has 2 aliphatic carbocycles. The van der Waals surface area contributed by atoms with Crippen LogP contribution < -0.4 is 0 Å². The molecule has 0 bridgehead atoms. The van der Waals surface area contributed by atoms with Crippen molar-refractivity contribution in [3.8, 4) is 0 Å². The summed E-state index contributed by atoms with van der Waals surface area (Å²) in [6, 6.07) is 0. The Morgan fingerprint density at radius 2 is 1.82 bits per heavy atom. The summed E-state index contributed by atoms with van der Waals surface area (Å²) in [7, 11) is 0. The molecule has 0 aliphatic heterocycles. The van der Waals surface area contributed by atoms with Crippen LogP contribution in [-0.4, -0.2) is 11.2 Å².